The predicted molar refractivity (Wildman–Crippen MR) is 106 cm³/mol. The summed E-state index contributed by atoms with van der Waals surface area (Å²) in [6, 6.07) is 7.85. The molecular weight excluding hydrogens is 424 g/mol. The van der Waals surface area contributed by atoms with Gasteiger partial charge in [-0.05, 0) is 42.3 Å². The number of nitro groups is 1. The predicted octanol–water partition coefficient (Wildman–Crippen LogP) is 4.24. The largest absolute Gasteiger partial charge is 0.435 e. The molecule has 30 heavy (non-hydrogen) atoms. The smallest absolute Gasteiger partial charge is 0.387 e. The Hall–Kier alpha value is -3.27. The molecule has 1 atom stereocenters. The molecule has 11 heteroatoms. The fourth-order valence-corrected chi connectivity index (χ4v) is 2.68. The van der Waals surface area contributed by atoms with Crippen molar-refractivity contribution in [3.05, 3.63) is 63.2 Å². The minimum Gasteiger partial charge on any atom is -0.435 e. The van der Waals surface area contributed by atoms with Gasteiger partial charge in [0, 0.05) is 17.3 Å². The van der Waals surface area contributed by atoms with E-state index in [-0.39, 0.29) is 22.3 Å². The van der Waals surface area contributed by atoms with Crippen LogP contribution in [0.3, 0.4) is 0 Å². The fraction of sp³-hybridized carbons (Fsp3) is 0.263. The summed E-state index contributed by atoms with van der Waals surface area (Å²) in [5, 5.41) is 16.0. The molecule has 0 aliphatic rings. The van der Waals surface area contributed by atoms with Gasteiger partial charge in [-0.1, -0.05) is 25.4 Å². The van der Waals surface area contributed by atoms with Gasteiger partial charge in [0.1, 0.15) is 16.8 Å². The third-order valence-corrected chi connectivity index (χ3v) is 4.31. The van der Waals surface area contributed by atoms with Crippen LogP contribution in [0.4, 0.5) is 20.2 Å². The number of alkyl halides is 2. The number of nitrogens with one attached hydrogen (secondary N) is 2. The van der Waals surface area contributed by atoms with Crippen LogP contribution in [0, 0.1) is 16.0 Å². The van der Waals surface area contributed by atoms with Gasteiger partial charge < -0.3 is 15.4 Å². The molecule has 2 N–H and O–H groups in total. The summed E-state index contributed by atoms with van der Waals surface area (Å²) >= 11 is 5.74. The van der Waals surface area contributed by atoms with Gasteiger partial charge in [-0.3, -0.25) is 19.7 Å². The molecule has 0 fully saturated rings. The third-order valence-electron chi connectivity index (χ3n) is 3.99. The molecule has 0 radical (unpaired) electrons. The lowest BCUT2D eigenvalue weighted by Crippen LogP contribution is -2.47. The molecule has 160 valence electrons. The Bertz CT molecular complexity index is 938. The van der Waals surface area contributed by atoms with Crippen LogP contribution >= 0.6 is 11.6 Å². The van der Waals surface area contributed by atoms with E-state index in [1.807, 2.05) is 0 Å². The molecule has 0 bridgehead atoms. The van der Waals surface area contributed by atoms with Gasteiger partial charge in [0.25, 0.3) is 11.6 Å². The van der Waals surface area contributed by atoms with Crippen LogP contribution < -0.4 is 15.4 Å². The monoisotopic (exact) mass is 441 g/mol. The van der Waals surface area contributed by atoms with E-state index >= 15 is 0 Å². The summed E-state index contributed by atoms with van der Waals surface area (Å²) in [7, 11) is 0. The molecule has 0 aliphatic heterocycles. The number of anilines is 1. The zero-order chi connectivity index (χ0) is 22.4. The van der Waals surface area contributed by atoms with Gasteiger partial charge in [0.05, 0.1) is 4.92 Å². The first-order valence-electron chi connectivity index (χ1n) is 8.69. The number of rotatable bonds is 8. The van der Waals surface area contributed by atoms with E-state index in [0.29, 0.717) is 5.69 Å². The minimum absolute atomic E-state index is 0.0296. The lowest BCUT2D eigenvalue weighted by Gasteiger charge is -2.22. The Morgan fingerprint density at radius 3 is 2.30 bits per heavy atom. The van der Waals surface area contributed by atoms with Crippen molar-refractivity contribution in [1.82, 2.24) is 5.32 Å². The summed E-state index contributed by atoms with van der Waals surface area (Å²) in [4.78, 5) is 35.4. The van der Waals surface area contributed by atoms with Crippen LogP contribution in [0.2, 0.25) is 5.02 Å². The molecule has 2 rings (SSSR count). The molecule has 1 unspecified atom stereocenters. The van der Waals surface area contributed by atoms with Crippen molar-refractivity contribution in [2.45, 2.75) is 26.5 Å². The van der Waals surface area contributed by atoms with E-state index in [0.717, 1.165) is 6.07 Å². The van der Waals surface area contributed by atoms with E-state index in [4.69, 9.17) is 11.6 Å². The first-order valence-corrected chi connectivity index (χ1v) is 9.06. The second kappa shape index (κ2) is 9.97. The molecule has 8 nitrogen and oxygen atoms in total. The molecular formula is C19H18ClF2N3O5. The molecule has 0 aliphatic carbocycles. The van der Waals surface area contributed by atoms with Crippen LogP contribution in [0.5, 0.6) is 5.75 Å². The molecule has 0 saturated heterocycles. The molecule has 0 heterocycles. The lowest BCUT2D eigenvalue weighted by atomic mass is 10.0. The normalized spacial score (nSPS) is 11.8. The van der Waals surface area contributed by atoms with Crippen molar-refractivity contribution in [3.8, 4) is 5.75 Å². The van der Waals surface area contributed by atoms with E-state index in [9.17, 15) is 28.5 Å². The summed E-state index contributed by atoms with van der Waals surface area (Å²) in [5.74, 6) is -1.63. The highest BCUT2D eigenvalue weighted by Gasteiger charge is 2.26. The van der Waals surface area contributed by atoms with Gasteiger partial charge in [0.15, 0.2) is 0 Å². The Morgan fingerprint density at radius 1 is 1.13 bits per heavy atom. The van der Waals surface area contributed by atoms with Crippen LogP contribution in [0.1, 0.15) is 24.2 Å². The molecule has 0 saturated carbocycles. The molecule has 0 spiro atoms. The summed E-state index contributed by atoms with van der Waals surface area (Å²) in [6.45, 7) is 0.442. The highest BCUT2D eigenvalue weighted by Crippen LogP contribution is 2.25. The standard InChI is InChI=1S/C19H18ClF2N3O5/c1-10(2)16(18(27)23-12-4-6-13(7-5-12)30-19(21)22)24-17(26)11-3-8-14(20)15(9-11)25(28)29/h3-10,16,19H,1-2H3,(H,23,27)(H,24,26). The van der Waals surface area contributed by atoms with Crippen LogP contribution in [0.15, 0.2) is 42.5 Å². The highest BCUT2D eigenvalue weighted by atomic mass is 35.5. The van der Waals surface area contributed by atoms with Gasteiger partial charge in [-0.25, -0.2) is 0 Å². The number of carbonyl (C=O) groups is 2. The van der Waals surface area contributed by atoms with Crippen molar-refractivity contribution < 1.29 is 28.0 Å². The van der Waals surface area contributed by atoms with E-state index in [1.165, 1.54) is 36.4 Å². The average Bonchev–Trinajstić information content (AvgIpc) is 2.66. The minimum atomic E-state index is -2.96. The average molecular weight is 442 g/mol. The van der Waals surface area contributed by atoms with Crippen molar-refractivity contribution in [2.24, 2.45) is 5.92 Å². The third kappa shape index (κ3) is 6.11. The number of ether oxygens (including phenoxy) is 1. The number of benzene rings is 2. The van der Waals surface area contributed by atoms with E-state index in [2.05, 4.69) is 15.4 Å². The van der Waals surface area contributed by atoms with Crippen LogP contribution in [-0.2, 0) is 4.79 Å². The maximum absolute atomic E-state index is 12.6. The van der Waals surface area contributed by atoms with Crippen LogP contribution in [0.25, 0.3) is 0 Å². The summed E-state index contributed by atoms with van der Waals surface area (Å²) in [6.07, 6.45) is 0. The van der Waals surface area contributed by atoms with Crippen LogP contribution in [-0.4, -0.2) is 29.4 Å². The van der Waals surface area contributed by atoms with Gasteiger partial charge in [0.2, 0.25) is 5.91 Å². The van der Waals surface area contributed by atoms with Crippen molar-refractivity contribution >= 4 is 34.8 Å². The Kier molecular flexibility index (Phi) is 7.65. The first kappa shape index (κ1) is 23.0. The zero-order valence-corrected chi connectivity index (χ0v) is 16.7. The van der Waals surface area contributed by atoms with Crippen molar-refractivity contribution in [1.29, 1.82) is 0 Å². The molecule has 2 aromatic rings. The summed E-state index contributed by atoms with van der Waals surface area (Å²) < 4.78 is 28.6. The zero-order valence-electron chi connectivity index (χ0n) is 15.9. The maximum atomic E-state index is 12.6. The summed E-state index contributed by atoms with van der Waals surface area (Å²) in [5.41, 5.74) is -0.150. The Morgan fingerprint density at radius 2 is 1.77 bits per heavy atom. The SMILES string of the molecule is CC(C)C(NC(=O)c1ccc(Cl)c([N+](=O)[O-])c1)C(=O)Nc1ccc(OC(F)F)cc1. The molecule has 2 aromatic carbocycles. The van der Waals surface area contributed by atoms with Crippen molar-refractivity contribution in [2.75, 3.05) is 5.32 Å². The lowest BCUT2D eigenvalue weighted by molar-refractivity contribution is -0.384. The maximum Gasteiger partial charge on any atom is 0.387 e. The number of hydrogen-bond acceptors (Lipinski definition) is 5. The van der Waals surface area contributed by atoms with E-state index in [1.54, 1.807) is 13.8 Å². The van der Waals surface area contributed by atoms with E-state index < -0.39 is 35.1 Å². The quantitative estimate of drug-likeness (QED) is 0.470. The number of amides is 2. The van der Waals surface area contributed by atoms with Gasteiger partial charge >= 0.3 is 6.61 Å². The fourth-order valence-electron chi connectivity index (χ4n) is 2.49. The number of nitro benzene ring substituents is 1. The first-order chi connectivity index (χ1) is 14.1. The number of carbonyl (C=O) groups excluding carboxylic acids is 2. The molecule has 2 amide bonds. The van der Waals surface area contributed by atoms with Crippen molar-refractivity contribution in [3.63, 3.8) is 0 Å². The number of halogens is 3. The highest BCUT2D eigenvalue weighted by molar-refractivity contribution is 6.32. The van der Waals surface area contributed by atoms with Gasteiger partial charge in [-0.2, -0.15) is 8.78 Å². The Balaban J connectivity index is 2.11. The van der Waals surface area contributed by atoms with Gasteiger partial charge in [-0.15, -0.1) is 0 Å². The second-order valence-electron chi connectivity index (χ2n) is 6.51. The second-order valence-corrected chi connectivity index (χ2v) is 6.92. The topological polar surface area (TPSA) is 111 Å². The Labute approximate surface area is 175 Å². The molecule has 0 aromatic heterocycles. The number of nitrogens with zero attached hydrogens (tertiary/aromatic N) is 1. The number of hydrogen-bond donors (Lipinski definition) is 2.